The van der Waals surface area contributed by atoms with Crippen LogP contribution in [0.25, 0.3) is 0 Å². The topological polar surface area (TPSA) is 103 Å². The van der Waals surface area contributed by atoms with Crippen molar-refractivity contribution in [3.05, 3.63) is 89.5 Å². The lowest BCUT2D eigenvalue weighted by molar-refractivity contribution is -0.116. The molecule has 0 fully saturated rings. The highest BCUT2D eigenvalue weighted by atomic mass is 16.7. The molecule has 8 heteroatoms. The Bertz CT molecular complexity index is 1140. The number of benzene rings is 3. The van der Waals surface area contributed by atoms with Gasteiger partial charge in [0.25, 0.3) is 5.91 Å². The fraction of sp³-hybridized carbons (Fsp3) is 0.222. The second kappa shape index (κ2) is 12.8. The van der Waals surface area contributed by atoms with Crippen molar-refractivity contribution in [3.63, 3.8) is 0 Å². The summed E-state index contributed by atoms with van der Waals surface area (Å²) in [5.74, 6) is 0.710. The van der Waals surface area contributed by atoms with Gasteiger partial charge in [-0.1, -0.05) is 30.3 Å². The molecular formula is C27H28N2O6. The quantitative estimate of drug-likeness (QED) is 0.324. The molecule has 0 atom stereocenters. The van der Waals surface area contributed by atoms with Gasteiger partial charge in [-0.25, -0.2) is 4.79 Å². The van der Waals surface area contributed by atoms with Gasteiger partial charge in [-0.15, -0.1) is 0 Å². The molecule has 3 rings (SSSR count). The first-order chi connectivity index (χ1) is 17.0. The Hall–Kier alpha value is -4.33. The second-order valence-corrected chi connectivity index (χ2v) is 7.55. The van der Waals surface area contributed by atoms with Crippen LogP contribution in [0.1, 0.15) is 34.8 Å². The van der Waals surface area contributed by atoms with Gasteiger partial charge in [-0.2, -0.15) is 0 Å². The zero-order valence-corrected chi connectivity index (χ0v) is 19.7. The number of para-hydroxylation sites is 1. The molecule has 182 valence electrons. The molecule has 0 unspecified atom stereocenters. The van der Waals surface area contributed by atoms with Crippen LogP contribution < -0.4 is 20.1 Å². The van der Waals surface area contributed by atoms with Gasteiger partial charge >= 0.3 is 6.16 Å². The largest absolute Gasteiger partial charge is 0.513 e. The van der Waals surface area contributed by atoms with E-state index in [9.17, 15) is 14.4 Å². The number of rotatable bonds is 10. The Kier molecular flexibility index (Phi) is 9.24. The van der Waals surface area contributed by atoms with E-state index in [1.165, 1.54) is 12.1 Å². The summed E-state index contributed by atoms with van der Waals surface area (Å²) in [6, 6.07) is 21.1. The minimum absolute atomic E-state index is 0.0904. The average Bonchev–Trinajstić information content (AvgIpc) is 2.87. The molecule has 0 heterocycles. The number of carbonyl (C=O) groups is 3. The van der Waals surface area contributed by atoms with Crippen LogP contribution in [0, 0.1) is 0 Å². The Morgan fingerprint density at radius 2 is 1.60 bits per heavy atom. The molecule has 0 aliphatic carbocycles. The van der Waals surface area contributed by atoms with Gasteiger partial charge in [0, 0.05) is 24.2 Å². The number of carbonyl (C=O) groups excluding carboxylic acids is 3. The van der Waals surface area contributed by atoms with Crippen LogP contribution in [0.3, 0.4) is 0 Å². The van der Waals surface area contributed by atoms with Crippen LogP contribution in [0.5, 0.6) is 11.5 Å². The van der Waals surface area contributed by atoms with Gasteiger partial charge in [0.15, 0.2) is 0 Å². The van der Waals surface area contributed by atoms with E-state index in [4.69, 9.17) is 14.2 Å². The highest BCUT2D eigenvalue weighted by molar-refractivity contribution is 5.94. The van der Waals surface area contributed by atoms with Crippen LogP contribution >= 0.6 is 0 Å². The number of methoxy groups -OCH3 is 1. The number of amides is 2. The SMILES string of the molecule is CCOC(=O)Oc1ccc(C(=O)NCc2ccc(NC(=O)CCc3ccccc3OC)cc2)cc1. The summed E-state index contributed by atoms with van der Waals surface area (Å²) in [6.07, 6.45) is 0.123. The maximum absolute atomic E-state index is 12.4. The van der Waals surface area contributed by atoms with Crippen molar-refractivity contribution in [2.75, 3.05) is 19.0 Å². The van der Waals surface area contributed by atoms with Gasteiger partial charge < -0.3 is 24.8 Å². The van der Waals surface area contributed by atoms with Crippen LogP contribution in [-0.2, 0) is 22.5 Å². The molecule has 0 saturated heterocycles. The van der Waals surface area contributed by atoms with Crippen LogP contribution in [0.15, 0.2) is 72.8 Å². The van der Waals surface area contributed by atoms with Crippen molar-refractivity contribution in [2.45, 2.75) is 26.3 Å². The third-order valence-corrected chi connectivity index (χ3v) is 5.08. The van der Waals surface area contributed by atoms with Crippen molar-refractivity contribution >= 4 is 23.7 Å². The molecule has 2 N–H and O–H groups in total. The van der Waals surface area contributed by atoms with Crippen molar-refractivity contribution in [1.29, 1.82) is 0 Å². The van der Waals surface area contributed by atoms with Crippen LogP contribution in [0.2, 0.25) is 0 Å². The predicted molar refractivity (Wildman–Crippen MR) is 132 cm³/mol. The molecule has 2 amide bonds. The maximum Gasteiger partial charge on any atom is 0.513 e. The number of anilines is 1. The lowest BCUT2D eigenvalue weighted by Gasteiger charge is -2.10. The minimum Gasteiger partial charge on any atom is -0.496 e. The van der Waals surface area contributed by atoms with Crippen molar-refractivity contribution in [3.8, 4) is 11.5 Å². The van der Waals surface area contributed by atoms with E-state index in [1.54, 1.807) is 38.3 Å². The Morgan fingerprint density at radius 1 is 0.886 bits per heavy atom. The van der Waals surface area contributed by atoms with E-state index in [-0.39, 0.29) is 18.4 Å². The van der Waals surface area contributed by atoms with Crippen molar-refractivity contribution < 1.29 is 28.6 Å². The molecule has 0 aliphatic heterocycles. The third kappa shape index (κ3) is 7.89. The molecule has 0 saturated carbocycles. The standard InChI is InChI=1S/C27H28N2O6/c1-3-34-27(32)35-23-15-10-21(11-16-23)26(31)28-18-19-8-13-22(14-9-19)29-25(30)17-12-20-6-4-5-7-24(20)33-2/h4-11,13-16H,3,12,17-18H2,1-2H3,(H,28,31)(H,29,30). The number of hydrogen-bond acceptors (Lipinski definition) is 6. The van der Waals surface area contributed by atoms with Gasteiger partial charge in [0.1, 0.15) is 11.5 Å². The molecule has 0 aromatic heterocycles. The minimum atomic E-state index is -0.791. The zero-order valence-electron chi connectivity index (χ0n) is 19.7. The lowest BCUT2D eigenvalue weighted by Crippen LogP contribution is -2.22. The van der Waals surface area contributed by atoms with E-state index in [1.807, 2.05) is 36.4 Å². The van der Waals surface area contributed by atoms with E-state index < -0.39 is 6.16 Å². The number of aryl methyl sites for hydroxylation is 1. The molecule has 0 bridgehead atoms. The predicted octanol–water partition coefficient (Wildman–Crippen LogP) is 4.73. The molecule has 35 heavy (non-hydrogen) atoms. The Morgan fingerprint density at radius 3 is 2.29 bits per heavy atom. The molecule has 0 spiro atoms. The molecule has 3 aromatic rings. The van der Waals surface area contributed by atoms with Crippen LogP contribution in [-0.4, -0.2) is 31.7 Å². The van der Waals surface area contributed by atoms with Gasteiger partial charge in [-0.3, -0.25) is 9.59 Å². The Labute approximate surface area is 204 Å². The van der Waals surface area contributed by atoms with Gasteiger partial charge in [-0.05, 0) is 66.9 Å². The molecule has 0 aliphatic rings. The second-order valence-electron chi connectivity index (χ2n) is 7.55. The first-order valence-electron chi connectivity index (χ1n) is 11.2. The van der Waals surface area contributed by atoms with E-state index >= 15 is 0 Å². The first kappa shape index (κ1) is 25.3. The lowest BCUT2D eigenvalue weighted by atomic mass is 10.1. The highest BCUT2D eigenvalue weighted by Gasteiger charge is 2.09. The van der Waals surface area contributed by atoms with Crippen LogP contribution in [0.4, 0.5) is 10.5 Å². The Balaban J connectivity index is 1.44. The molecular weight excluding hydrogens is 448 g/mol. The van der Waals surface area contributed by atoms with E-state index in [2.05, 4.69) is 10.6 Å². The summed E-state index contributed by atoms with van der Waals surface area (Å²) in [6.45, 7) is 2.22. The molecule has 3 aromatic carbocycles. The van der Waals surface area contributed by atoms with Crippen molar-refractivity contribution in [2.24, 2.45) is 0 Å². The summed E-state index contributed by atoms with van der Waals surface area (Å²) in [4.78, 5) is 36.0. The average molecular weight is 477 g/mol. The normalized spacial score (nSPS) is 10.2. The van der Waals surface area contributed by atoms with E-state index in [0.29, 0.717) is 36.4 Å². The monoisotopic (exact) mass is 476 g/mol. The van der Waals surface area contributed by atoms with Gasteiger partial charge in [0.05, 0.1) is 13.7 Å². The van der Waals surface area contributed by atoms with E-state index in [0.717, 1.165) is 16.9 Å². The summed E-state index contributed by atoms with van der Waals surface area (Å²) < 4.78 is 15.0. The first-order valence-corrected chi connectivity index (χ1v) is 11.2. The fourth-order valence-corrected chi connectivity index (χ4v) is 3.29. The van der Waals surface area contributed by atoms with Gasteiger partial charge in [0.2, 0.25) is 5.91 Å². The summed E-state index contributed by atoms with van der Waals surface area (Å²) >= 11 is 0. The number of ether oxygens (including phenoxy) is 3. The molecule has 0 radical (unpaired) electrons. The third-order valence-electron chi connectivity index (χ3n) is 5.08. The zero-order chi connectivity index (χ0) is 25.0. The smallest absolute Gasteiger partial charge is 0.496 e. The summed E-state index contributed by atoms with van der Waals surface area (Å²) in [5, 5.41) is 5.72. The molecule has 8 nitrogen and oxygen atoms in total. The summed E-state index contributed by atoms with van der Waals surface area (Å²) in [7, 11) is 1.61. The highest BCUT2D eigenvalue weighted by Crippen LogP contribution is 2.19. The van der Waals surface area contributed by atoms with Crippen molar-refractivity contribution in [1.82, 2.24) is 5.32 Å². The summed E-state index contributed by atoms with van der Waals surface area (Å²) in [5.41, 5.74) is 2.98. The fourth-order valence-electron chi connectivity index (χ4n) is 3.29. The maximum atomic E-state index is 12.4. The number of hydrogen-bond donors (Lipinski definition) is 2. The number of nitrogens with one attached hydrogen (secondary N) is 2.